The van der Waals surface area contributed by atoms with Crippen LogP contribution in [-0.4, -0.2) is 77.0 Å². The van der Waals surface area contributed by atoms with Gasteiger partial charge in [0, 0.05) is 26.2 Å². The number of ether oxygens (including phenoxy) is 1. The molecular formula is C25H30N4O6S3. The molecule has 13 heteroatoms. The van der Waals surface area contributed by atoms with Crippen molar-refractivity contribution in [1.82, 2.24) is 15.2 Å². The van der Waals surface area contributed by atoms with Crippen LogP contribution in [0.5, 0.6) is 0 Å². The van der Waals surface area contributed by atoms with E-state index >= 15 is 0 Å². The molecule has 0 spiro atoms. The highest BCUT2D eigenvalue weighted by atomic mass is 32.2. The second-order valence-electron chi connectivity index (χ2n) is 8.98. The molecule has 3 aromatic rings. The molecule has 4 rings (SSSR count). The molecule has 0 radical (unpaired) electrons. The molecule has 0 saturated carbocycles. The standard InChI is InChI=1S/C25H30N4O6S3/c1-2-14-37(31,32)23(24(30)27-9-15-38(26,33)34)25-28-21-8-7-20(16-22(21)36-25)19-5-3-18(4-6-19)17-29-10-12-35-13-11-29/h2-8,16,23H,1,9-15,17H2,(H,27,30)(H2,26,33,34). The summed E-state index contributed by atoms with van der Waals surface area (Å²) in [5.74, 6) is -1.80. The second-order valence-corrected chi connectivity index (χ2v) is 13.9. The van der Waals surface area contributed by atoms with Crippen molar-refractivity contribution in [2.24, 2.45) is 5.14 Å². The Morgan fingerprint density at radius 3 is 2.47 bits per heavy atom. The van der Waals surface area contributed by atoms with Crippen molar-refractivity contribution in [3.8, 4) is 11.1 Å². The highest BCUT2D eigenvalue weighted by molar-refractivity contribution is 7.92. The lowest BCUT2D eigenvalue weighted by Crippen LogP contribution is -2.38. The van der Waals surface area contributed by atoms with Gasteiger partial charge in [-0.2, -0.15) is 0 Å². The first kappa shape index (κ1) is 28.3. The molecule has 1 fully saturated rings. The lowest BCUT2D eigenvalue weighted by Gasteiger charge is -2.26. The van der Waals surface area contributed by atoms with E-state index in [1.54, 1.807) is 6.07 Å². The van der Waals surface area contributed by atoms with E-state index in [1.165, 1.54) is 11.6 Å². The van der Waals surface area contributed by atoms with Crippen molar-refractivity contribution in [2.75, 3.05) is 44.4 Å². The molecule has 204 valence electrons. The first-order valence-corrected chi connectivity index (χ1v) is 16.2. The Balaban J connectivity index is 1.57. The minimum atomic E-state index is -3.99. The highest BCUT2D eigenvalue weighted by Crippen LogP contribution is 2.34. The highest BCUT2D eigenvalue weighted by Gasteiger charge is 2.36. The predicted molar refractivity (Wildman–Crippen MR) is 149 cm³/mol. The Labute approximate surface area is 226 Å². The van der Waals surface area contributed by atoms with Crippen LogP contribution in [-0.2, 0) is 35.9 Å². The van der Waals surface area contributed by atoms with E-state index in [0.29, 0.717) is 5.52 Å². The van der Waals surface area contributed by atoms with Gasteiger partial charge in [-0.05, 0) is 28.8 Å². The minimum absolute atomic E-state index is 0.105. The second kappa shape index (κ2) is 12.0. The molecule has 2 aromatic carbocycles. The van der Waals surface area contributed by atoms with Gasteiger partial charge in [0.15, 0.2) is 15.1 Å². The molecule has 1 atom stereocenters. The van der Waals surface area contributed by atoms with Crippen molar-refractivity contribution in [3.05, 3.63) is 65.7 Å². The van der Waals surface area contributed by atoms with E-state index in [9.17, 15) is 21.6 Å². The number of rotatable bonds is 11. The van der Waals surface area contributed by atoms with Gasteiger partial charge in [-0.3, -0.25) is 9.69 Å². The van der Waals surface area contributed by atoms with Gasteiger partial charge >= 0.3 is 0 Å². The van der Waals surface area contributed by atoms with Crippen LogP contribution in [0.25, 0.3) is 21.3 Å². The number of sulfonamides is 1. The summed E-state index contributed by atoms with van der Waals surface area (Å²) in [5.41, 5.74) is 3.72. The lowest BCUT2D eigenvalue weighted by atomic mass is 10.0. The van der Waals surface area contributed by atoms with Gasteiger partial charge in [-0.25, -0.2) is 27.0 Å². The molecule has 1 saturated heterocycles. The predicted octanol–water partition coefficient (Wildman–Crippen LogP) is 1.84. The van der Waals surface area contributed by atoms with Crippen LogP contribution in [0.2, 0.25) is 0 Å². The summed E-state index contributed by atoms with van der Waals surface area (Å²) in [6.07, 6.45) is 1.20. The summed E-state index contributed by atoms with van der Waals surface area (Å²) < 4.78 is 54.5. The van der Waals surface area contributed by atoms with Gasteiger partial charge in [-0.15, -0.1) is 17.9 Å². The Hall–Kier alpha value is -2.68. The Bertz CT molecular complexity index is 1510. The average molecular weight is 579 g/mol. The quantitative estimate of drug-likeness (QED) is 0.328. The van der Waals surface area contributed by atoms with Crippen LogP contribution in [0, 0.1) is 0 Å². The number of aromatic nitrogens is 1. The fourth-order valence-corrected chi connectivity index (χ4v) is 7.40. The van der Waals surface area contributed by atoms with E-state index in [1.807, 2.05) is 12.1 Å². The smallest absolute Gasteiger partial charge is 0.245 e. The van der Waals surface area contributed by atoms with Crippen molar-refractivity contribution >= 4 is 47.3 Å². The van der Waals surface area contributed by atoms with Gasteiger partial charge in [0.2, 0.25) is 15.9 Å². The molecule has 1 unspecified atom stereocenters. The summed E-state index contributed by atoms with van der Waals surface area (Å²) in [6.45, 7) is 7.36. The fourth-order valence-electron chi connectivity index (χ4n) is 4.15. The molecule has 2 heterocycles. The van der Waals surface area contributed by atoms with Crippen LogP contribution in [0.4, 0.5) is 0 Å². The zero-order chi connectivity index (χ0) is 27.3. The van der Waals surface area contributed by atoms with Crippen molar-refractivity contribution in [1.29, 1.82) is 0 Å². The number of nitrogens with two attached hydrogens (primary N) is 1. The summed E-state index contributed by atoms with van der Waals surface area (Å²) >= 11 is 1.11. The molecule has 1 aromatic heterocycles. The number of nitrogens with zero attached hydrogens (tertiary/aromatic N) is 2. The van der Waals surface area contributed by atoms with Crippen LogP contribution in [0.3, 0.4) is 0 Å². The number of hydrogen-bond donors (Lipinski definition) is 2. The van der Waals surface area contributed by atoms with Crippen molar-refractivity contribution in [3.63, 3.8) is 0 Å². The number of sulfone groups is 1. The third-order valence-corrected chi connectivity index (χ3v) is 9.92. The third-order valence-electron chi connectivity index (χ3n) is 6.06. The average Bonchev–Trinajstić information content (AvgIpc) is 3.26. The van der Waals surface area contributed by atoms with Crippen LogP contribution < -0.4 is 10.5 Å². The zero-order valence-electron chi connectivity index (χ0n) is 20.7. The summed E-state index contributed by atoms with van der Waals surface area (Å²) in [7, 11) is -7.81. The SMILES string of the molecule is C=CCS(=O)(=O)C(C(=O)NCCS(N)(=O)=O)c1nc2ccc(-c3ccc(CN4CCOCC4)cc3)cc2s1. The number of carbonyl (C=O) groups excluding carboxylic acids is 1. The number of morpholine rings is 1. The number of carbonyl (C=O) groups is 1. The Morgan fingerprint density at radius 1 is 1.13 bits per heavy atom. The molecule has 0 bridgehead atoms. The number of nitrogens with one attached hydrogen (secondary N) is 1. The van der Waals surface area contributed by atoms with E-state index in [0.717, 1.165) is 60.0 Å². The lowest BCUT2D eigenvalue weighted by molar-refractivity contribution is -0.120. The Morgan fingerprint density at radius 2 is 1.82 bits per heavy atom. The molecule has 10 nitrogen and oxygen atoms in total. The maximum absolute atomic E-state index is 13.0. The van der Waals surface area contributed by atoms with Crippen molar-refractivity contribution < 1.29 is 26.4 Å². The maximum Gasteiger partial charge on any atom is 0.245 e. The molecule has 1 aliphatic heterocycles. The van der Waals surface area contributed by atoms with Crippen LogP contribution >= 0.6 is 11.3 Å². The van der Waals surface area contributed by atoms with E-state index in [2.05, 4.69) is 46.0 Å². The topological polar surface area (TPSA) is 149 Å². The molecular weight excluding hydrogens is 548 g/mol. The molecule has 38 heavy (non-hydrogen) atoms. The number of amides is 1. The molecule has 0 aliphatic carbocycles. The molecule has 1 aliphatic rings. The van der Waals surface area contributed by atoms with Crippen LogP contribution in [0.15, 0.2) is 55.1 Å². The molecule has 1 amide bonds. The van der Waals surface area contributed by atoms with Gasteiger partial charge in [0.1, 0.15) is 5.01 Å². The van der Waals surface area contributed by atoms with Crippen molar-refractivity contribution in [2.45, 2.75) is 11.8 Å². The zero-order valence-corrected chi connectivity index (χ0v) is 23.2. The minimum Gasteiger partial charge on any atom is -0.379 e. The summed E-state index contributed by atoms with van der Waals surface area (Å²) in [4.78, 5) is 19.7. The monoisotopic (exact) mass is 578 g/mol. The maximum atomic E-state index is 13.0. The van der Waals surface area contributed by atoms with Gasteiger partial charge < -0.3 is 10.1 Å². The van der Waals surface area contributed by atoms with E-state index in [4.69, 9.17) is 9.88 Å². The number of benzene rings is 2. The summed E-state index contributed by atoms with van der Waals surface area (Å²) in [6, 6.07) is 13.9. The number of thiazole rings is 1. The largest absolute Gasteiger partial charge is 0.379 e. The van der Waals surface area contributed by atoms with E-state index in [-0.39, 0.29) is 11.6 Å². The van der Waals surface area contributed by atoms with Gasteiger partial charge in [0.25, 0.3) is 0 Å². The number of primary sulfonamides is 1. The third kappa shape index (κ3) is 7.24. The van der Waals surface area contributed by atoms with Gasteiger partial charge in [-0.1, -0.05) is 36.4 Å². The van der Waals surface area contributed by atoms with E-state index < -0.39 is 42.5 Å². The normalized spacial score (nSPS) is 15.8. The van der Waals surface area contributed by atoms with Crippen LogP contribution in [0.1, 0.15) is 15.8 Å². The first-order chi connectivity index (χ1) is 18.1. The number of fused-ring (bicyclic) bond motifs is 1. The summed E-state index contributed by atoms with van der Waals surface area (Å²) in [5, 5.41) is 5.85. The Kier molecular flexibility index (Phi) is 8.96. The van der Waals surface area contributed by atoms with Gasteiger partial charge in [0.05, 0.1) is 34.9 Å². The number of hydrogen-bond acceptors (Lipinski definition) is 9. The molecule has 3 N–H and O–H groups in total. The first-order valence-electron chi connectivity index (χ1n) is 12.0. The fraction of sp³-hybridized carbons (Fsp3) is 0.360.